The zero-order valence-electron chi connectivity index (χ0n) is 24.1. The maximum absolute atomic E-state index is 14.7. The lowest BCUT2D eigenvalue weighted by molar-refractivity contribution is -0.133. The van der Waals surface area contributed by atoms with Crippen LogP contribution in [-0.4, -0.2) is 81.3 Å². The smallest absolute Gasteiger partial charge is 0.317 e. The highest BCUT2D eigenvalue weighted by Gasteiger charge is 2.25. The van der Waals surface area contributed by atoms with E-state index in [1.165, 1.54) is 10.7 Å². The molecule has 4 heterocycles. The molecule has 0 bridgehead atoms. The van der Waals surface area contributed by atoms with Gasteiger partial charge in [0, 0.05) is 79.7 Å². The maximum atomic E-state index is 14.7. The molecule has 2 fully saturated rings. The van der Waals surface area contributed by atoms with Crippen LogP contribution in [0.5, 0.6) is 6.01 Å². The van der Waals surface area contributed by atoms with Crippen LogP contribution in [0, 0.1) is 5.82 Å². The number of nitrogens with one attached hydrogen (secondary N) is 2. The summed E-state index contributed by atoms with van der Waals surface area (Å²) in [7, 11) is 1.72. The molecule has 2 aliphatic rings. The van der Waals surface area contributed by atoms with E-state index in [0.717, 1.165) is 43.5 Å². The van der Waals surface area contributed by atoms with Crippen molar-refractivity contribution in [1.82, 2.24) is 30.0 Å². The minimum atomic E-state index is -0.518. The van der Waals surface area contributed by atoms with Crippen LogP contribution in [0.1, 0.15) is 43.5 Å². The van der Waals surface area contributed by atoms with E-state index >= 15 is 0 Å². The van der Waals surface area contributed by atoms with Gasteiger partial charge in [-0.15, -0.1) is 0 Å². The predicted octanol–water partition coefficient (Wildman–Crippen LogP) is 3.49. The van der Waals surface area contributed by atoms with E-state index in [9.17, 15) is 14.0 Å². The molecule has 0 spiro atoms. The van der Waals surface area contributed by atoms with Crippen molar-refractivity contribution in [3.63, 3.8) is 0 Å². The summed E-state index contributed by atoms with van der Waals surface area (Å²) in [6, 6.07) is 7.30. The topological polar surface area (TPSA) is 118 Å². The fourth-order valence-electron chi connectivity index (χ4n) is 5.97. The lowest BCUT2D eigenvalue weighted by atomic mass is 10.0. The van der Waals surface area contributed by atoms with Gasteiger partial charge in [0.2, 0.25) is 5.91 Å². The van der Waals surface area contributed by atoms with Crippen LogP contribution in [0.3, 0.4) is 0 Å². The Morgan fingerprint density at radius 2 is 1.98 bits per heavy atom. The van der Waals surface area contributed by atoms with E-state index in [0.29, 0.717) is 35.1 Å². The first-order valence-electron chi connectivity index (χ1n) is 14.4. The largest absolute Gasteiger partial charge is 0.462 e. The van der Waals surface area contributed by atoms with E-state index in [4.69, 9.17) is 4.74 Å². The number of piperidine rings is 1. The number of carbonyl (C=O) groups is 2. The number of aromatic nitrogens is 4. The van der Waals surface area contributed by atoms with Crippen molar-refractivity contribution in [3.8, 4) is 6.01 Å². The van der Waals surface area contributed by atoms with Crippen molar-refractivity contribution in [2.45, 2.75) is 45.2 Å². The summed E-state index contributed by atoms with van der Waals surface area (Å²) in [6.45, 7) is 7.28. The van der Waals surface area contributed by atoms with Gasteiger partial charge in [0.1, 0.15) is 12.1 Å². The number of nitrogens with zero attached hydrogens (tertiary/aromatic N) is 6. The summed E-state index contributed by atoms with van der Waals surface area (Å²) in [5.41, 5.74) is 2.23. The average Bonchev–Trinajstić information content (AvgIpc) is 3.33. The van der Waals surface area contributed by atoms with Crippen molar-refractivity contribution in [2.75, 3.05) is 43.0 Å². The van der Waals surface area contributed by atoms with Crippen molar-refractivity contribution in [1.29, 1.82) is 0 Å². The molecule has 0 aliphatic carbocycles. The number of benzene rings is 2. The normalized spacial score (nSPS) is 19.5. The maximum Gasteiger partial charge on any atom is 0.317 e. The Labute approximate surface area is 243 Å². The minimum Gasteiger partial charge on any atom is -0.462 e. The molecule has 0 unspecified atom stereocenters. The highest BCUT2D eigenvalue weighted by Crippen LogP contribution is 2.31. The highest BCUT2D eigenvalue weighted by molar-refractivity contribution is 6.14. The fraction of sp³-hybridized carbons (Fsp3) is 0.433. The number of fused-ring (bicyclic) bond motifs is 2. The molecule has 12 heteroatoms. The molecule has 0 radical (unpaired) electrons. The lowest BCUT2D eigenvalue weighted by Gasteiger charge is -2.38. The van der Waals surface area contributed by atoms with Crippen LogP contribution in [0.15, 0.2) is 36.7 Å². The number of hydrogen-bond acceptors (Lipinski definition) is 8. The Morgan fingerprint density at radius 3 is 2.76 bits per heavy atom. The van der Waals surface area contributed by atoms with Crippen LogP contribution in [0.25, 0.3) is 21.8 Å². The third-order valence-electron chi connectivity index (χ3n) is 7.80. The van der Waals surface area contributed by atoms with Crippen LogP contribution in [-0.2, 0) is 11.8 Å². The highest BCUT2D eigenvalue weighted by atomic mass is 19.1. The molecule has 2 amide bonds. The Hall–Kier alpha value is -4.32. The number of ether oxygens (including phenoxy) is 1. The van der Waals surface area contributed by atoms with Gasteiger partial charge >= 0.3 is 6.01 Å². The second kappa shape index (κ2) is 11.5. The van der Waals surface area contributed by atoms with Gasteiger partial charge in [-0.2, -0.15) is 10.1 Å². The second-order valence-corrected chi connectivity index (χ2v) is 11.3. The number of amides is 2. The monoisotopic (exact) mass is 574 g/mol. The quantitative estimate of drug-likeness (QED) is 0.345. The number of piperazine rings is 1. The lowest BCUT2D eigenvalue weighted by Crippen LogP contribution is -2.54. The third-order valence-corrected chi connectivity index (χ3v) is 7.80. The molecule has 2 aromatic heterocycles. The number of halogens is 1. The standard InChI is InChI=1S/C30H35FN8O3/c1-18-15-39(16-19(2)33-18)25-8-7-22(29(41)34-21-12-20-17-37(3)36-27(20)24(31)13-21)28-23(25)14-32-30(35-28)42-11-10-38-9-5-4-6-26(38)40/h7-8,12-14,17-19,33H,4-6,9-11,15-16H2,1-3H3,(H,34,41)/t18-,19-/m1/s1. The summed E-state index contributed by atoms with van der Waals surface area (Å²) in [4.78, 5) is 39.0. The SMILES string of the molecule is C[C@@H]1CN(c2ccc(C(=O)Nc3cc(F)c4nn(C)cc4c3)c3nc(OCCN4CCCCC4=O)ncc23)C[C@@H](C)N1. The van der Waals surface area contributed by atoms with Gasteiger partial charge in [-0.05, 0) is 51.0 Å². The number of anilines is 2. The van der Waals surface area contributed by atoms with E-state index in [2.05, 4.69) is 44.4 Å². The Bertz CT molecular complexity index is 1650. The van der Waals surface area contributed by atoms with Gasteiger partial charge in [-0.3, -0.25) is 14.3 Å². The molecule has 6 rings (SSSR count). The van der Waals surface area contributed by atoms with Crippen LogP contribution in [0.4, 0.5) is 15.8 Å². The molecule has 2 atom stereocenters. The van der Waals surface area contributed by atoms with Gasteiger partial charge in [0.15, 0.2) is 5.82 Å². The Kier molecular flexibility index (Phi) is 7.63. The first-order chi connectivity index (χ1) is 20.2. The molecule has 2 aliphatic heterocycles. The number of carbonyl (C=O) groups excluding carboxylic acids is 2. The average molecular weight is 575 g/mol. The molecule has 220 valence electrons. The molecule has 4 aromatic rings. The summed E-state index contributed by atoms with van der Waals surface area (Å²) in [5, 5.41) is 11.8. The third kappa shape index (κ3) is 5.71. The summed E-state index contributed by atoms with van der Waals surface area (Å²) in [5.74, 6) is -0.816. The van der Waals surface area contributed by atoms with Gasteiger partial charge in [-0.25, -0.2) is 9.37 Å². The molecular formula is C30H35FN8O3. The molecule has 2 aromatic carbocycles. The summed E-state index contributed by atoms with van der Waals surface area (Å²) >= 11 is 0. The molecule has 42 heavy (non-hydrogen) atoms. The van der Waals surface area contributed by atoms with E-state index in [1.54, 1.807) is 36.5 Å². The Morgan fingerprint density at radius 1 is 1.17 bits per heavy atom. The van der Waals surface area contributed by atoms with Gasteiger partial charge in [0.25, 0.3) is 5.91 Å². The van der Waals surface area contributed by atoms with E-state index in [-0.39, 0.29) is 36.1 Å². The number of aryl methyl sites for hydroxylation is 1. The summed E-state index contributed by atoms with van der Waals surface area (Å²) < 4.78 is 22.1. The van der Waals surface area contributed by atoms with Crippen molar-refractivity contribution in [3.05, 3.63) is 48.0 Å². The van der Waals surface area contributed by atoms with Gasteiger partial charge in [-0.1, -0.05) is 0 Å². The molecule has 2 N–H and O–H groups in total. The van der Waals surface area contributed by atoms with Crippen molar-refractivity contribution < 1.29 is 18.7 Å². The number of hydrogen-bond donors (Lipinski definition) is 2. The molecular weight excluding hydrogens is 539 g/mol. The molecule has 11 nitrogen and oxygen atoms in total. The second-order valence-electron chi connectivity index (χ2n) is 11.3. The first-order valence-corrected chi connectivity index (χ1v) is 14.4. The first kappa shape index (κ1) is 27.8. The van der Waals surface area contributed by atoms with Crippen LogP contribution >= 0.6 is 0 Å². The zero-order valence-corrected chi connectivity index (χ0v) is 24.1. The van der Waals surface area contributed by atoms with Gasteiger partial charge < -0.3 is 25.2 Å². The minimum absolute atomic E-state index is 0.128. The van der Waals surface area contributed by atoms with E-state index < -0.39 is 11.7 Å². The van der Waals surface area contributed by atoms with Crippen molar-refractivity contribution >= 4 is 45.0 Å². The number of likely N-dealkylation sites (tertiary alicyclic amines) is 1. The Balaban J connectivity index is 1.31. The number of rotatable bonds is 7. The van der Waals surface area contributed by atoms with Gasteiger partial charge in [0.05, 0.1) is 17.6 Å². The van der Waals surface area contributed by atoms with Crippen molar-refractivity contribution in [2.24, 2.45) is 7.05 Å². The van der Waals surface area contributed by atoms with E-state index in [1.807, 2.05) is 6.07 Å². The predicted molar refractivity (Wildman–Crippen MR) is 158 cm³/mol. The van der Waals surface area contributed by atoms with Crippen LogP contribution in [0.2, 0.25) is 0 Å². The molecule has 0 saturated carbocycles. The molecule has 2 saturated heterocycles. The van der Waals surface area contributed by atoms with Crippen LogP contribution < -0.4 is 20.3 Å². The summed E-state index contributed by atoms with van der Waals surface area (Å²) in [6.07, 6.45) is 5.86. The fourth-order valence-corrected chi connectivity index (χ4v) is 5.97. The zero-order chi connectivity index (χ0) is 29.4.